The zero-order valence-electron chi connectivity index (χ0n) is 13.1. The first-order chi connectivity index (χ1) is 9.73. The molecule has 1 aromatic rings. The van der Waals surface area contributed by atoms with Crippen LogP contribution in [0, 0.1) is 12.3 Å². The van der Waals surface area contributed by atoms with Crippen LogP contribution in [0.3, 0.4) is 0 Å². The summed E-state index contributed by atoms with van der Waals surface area (Å²) < 4.78 is 27.9. The highest BCUT2D eigenvalue weighted by Crippen LogP contribution is 2.35. The Balaban J connectivity index is 2.18. The zero-order valence-corrected chi connectivity index (χ0v) is 14.0. The minimum atomic E-state index is -3.47. The normalized spacial score (nSPS) is 22.2. The van der Waals surface area contributed by atoms with Gasteiger partial charge in [-0.1, -0.05) is 26.3 Å². The molecule has 1 unspecified atom stereocenters. The number of rotatable bonds is 4. The lowest BCUT2D eigenvalue weighted by molar-refractivity contribution is 0.212. The monoisotopic (exact) mass is 310 g/mol. The number of nitrogens with one attached hydrogen (secondary N) is 1. The molecular formula is C16H26N2O2S. The van der Waals surface area contributed by atoms with Gasteiger partial charge >= 0.3 is 0 Å². The first kappa shape index (κ1) is 16.5. The maximum absolute atomic E-state index is 12.5. The Bertz CT molecular complexity index is 609. The van der Waals surface area contributed by atoms with E-state index in [-0.39, 0.29) is 11.5 Å². The summed E-state index contributed by atoms with van der Waals surface area (Å²) in [7, 11) is -3.47. The molecule has 21 heavy (non-hydrogen) atoms. The molecule has 1 aliphatic carbocycles. The van der Waals surface area contributed by atoms with Crippen molar-refractivity contribution in [2.45, 2.75) is 63.9 Å². The van der Waals surface area contributed by atoms with Crippen LogP contribution in [-0.2, 0) is 16.6 Å². The summed E-state index contributed by atoms with van der Waals surface area (Å²) in [5.41, 5.74) is 7.78. The third-order valence-electron chi connectivity index (χ3n) is 4.38. The van der Waals surface area contributed by atoms with E-state index in [4.69, 9.17) is 5.73 Å². The summed E-state index contributed by atoms with van der Waals surface area (Å²) in [5, 5.41) is 0. The molecule has 0 heterocycles. The first-order valence-electron chi connectivity index (χ1n) is 7.55. The van der Waals surface area contributed by atoms with Crippen LogP contribution in [0.4, 0.5) is 0 Å². The predicted octanol–water partition coefficient (Wildman–Crippen LogP) is 2.70. The molecule has 0 spiro atoms. The molecule has 1 aliphatic rings. The molecule has 118 valence electrons. The van der Waals surface area contributed by atoms with E-state index in [2.05, 4.69) is 18.6 Å². The standard InChI is InChI=1S/C16H26N2O2S/c1-12-6-7-15(9-13(12)11-17)21(19,20)18-14-5-4-8-16(2,3)10-14/h6-7,9,14,18H,4-5,8,10-11,17H2,1-3H3. The van der Waals surface area contributed by atoms with E-state index < -0.39 is 10.0 Å². The maximum Gasteiger partial charge on any atom is 0.240 e. The molecule has 2 rings (SSSR count). The van der Waals surface area contributed by atoms with Crippen LogP contribution >= 0.6 is 0 Å². The maximum atomic E-state index is 12.5. The fourth-order valence-corrected chi connectivity index (χ4v) is 4.44. The van der Waals surface area contributed by atoms with Gasteiger partial charge in [-0.25, -0.2) is 13.1 Å². The van der Waals surface area contributed by atoms with E-state index in [9.17, 15) is 8.42 Å². The Kier molecular flexibility index (Phi) is 4.76. The lowest BCUT2D eigenvalue weighted by atomic mass is 9.75. The zero-order chi connectivity index (χ0) is 15.7. The minimum Gasteiger partial charge on any atom is -0.326 e. The van der Waals surface area contributed by atoms with Crippen LogP contribution in [0.2, 0.25) is 0 Å². The Morgan fingerprint density at radius 3 is 2.71 bits per heavy atom. The highest BCUT2D eigenvalue weighted by Gasteiger charge is 2.30. The van der Waals surface area contributed by atoms with Crippen molar-refractivity contribution in [3.05, 3.63) is 29.3 Å². The van der Waals surface area contributed by atoms with Gasteiger partial charge in [0.2, 0.25) is 10.0 Å². The Morgan fingerprint density at radius 1 is 1.38 bits per heavy atom. The van der Waals surface area contributed by atoms with Crippen molar-refractivity contribution < 1.29 is 8.42 Å². The lowest BCUT2D eigenvalue weighted by Gasteiger charge is -2.35. The molecular weight excluding hydrogens is 284 g/mol. The highest BCUT2D eigenvalue weighted by atomic mass is 32.2. The lowest BCUT2D eigenvalue weighted by Crippen LogP contribution is -2.40. The molecule has 3 N–H and O–H groups in total. The average molecular weight is 310 g/mol. The fraction of sp³-hybridized carbons (Fsp3) is 0.625. The second-order valence-corrected chi connectivity index (χ2v) is 8.59. The van der Waals surface area contributed by atoms with Gasteiger partial charge in [0.05, 0.1) is 4.90 Å². The van der Waals surface area contributed by atoms with E-state index in [1.165, 1.54) is 0 Å². The summed E-state index contributed by atoms with van der Waals surface area (Å²) in [4.78, 5) is 0.317. The smallest absolute Gasteiger partial charge is 0.240 e. The Morgan fingerprint density at radius 2 is 2.10 bits per heavy atom. The number of nitrogens with two attached hydrogens (primary N) is 1. The molecule has 4 nitrogen and oxygen atoms in total. The highest BCUT2D eigenvalue weighted by molar-refractivity contribution is 7.89. The fourth-order valence-electron chi connectivity index (χ4n) is 3.12. The van der Waals surface area contributed by atoms with Crippen LogP contribution in [0.15, 0.2) is 23.1 Å². The molecule has 0 saturated heterocycles. The molecule has 0 bridgehead atoms. The van der Waals surface area contributed by atoms with Gasteiger partial charge in [-0.3, -0.25) is 0 Å². The van der Waals surface area contributed by atoms with Crippen LogP contribution < -0.4 is 10.5 Å². The third kappa shape index (κ3) is 4.05. The second kappa shape index (κ2) is 6.07. The number of hydrogen-bond donors (Lipinski definition) is 2. The molecule has 0 aliphatic heterocycles. The predicted molar refractivity (Wildman–Crippen MR) is 85.4 cm³/mol. The third-order valence-corrected chi connectivity index (χ3v) is 5.90. The summed E-state index contributed by atoms with van der Waals surface area (Å²) >= 11 is 0. The average Bonchev–Trinajstić information content (AvgIpc) is 2.37. The molecule has 5 heteroatoms. The molecule has 1 saturated carbocycles. The Hall–Kier alpha value is -0.910. The molecule has 0 amide bonds. The van der Waals surface area contributed by atoms with Gasteiger partial charge in [0.1, 0.15) is 0 Å². The number of hydrogen-bond acceptors (Lipinski definition) is 3. The van der Waals surface area contributed by atoms with Gasteiger partial charge in [0.25, 0.3) is 0 Å². The van der Waals surface area contributed by atoms with Crippen molar-refractivity contribution in [1.29, 1.82) is 0 Å². The minimum absolute atomic E-state index is 0.0291. The second-order valence-electron chi connectivity index (χ2n) is 6.87. The van der Waals surface area contributed by atoms with Gasteiger partial charge < -0.3 is 5.73 Å². The van der Waals surface area contributed by atoms with Gasteiger partial charge in [-0.05, 0) is 54.9 Å². The van der Waals surface area contributed by atoms with E-state index in [1.54, 1.807) is 12.1 Å². The van der Waals surface area contributed by atoms with Gasteiger partial charge in [0, 0.05) is 12.6 Å². The molecule has 0 aromatic heterocycles. The molecule has 1 atom stereocenters. The van der Waals surface area contributed by atoms with Crippen molar-refractivity contribution in [2.24, 2.45) is 11.1 Å². The number of benzene rings is 1. The van der Waals surface area contributed by atoms with Crippen LogP contribution in [0.25, 0.3) is 0 Å². The van der Waals surface area contributed by atoms with E-state index >= 15 is 0 Å². The van der Waals surface area contributed by atoms with Crippen molar-refractivity contribution in [3.63, 3.8) is 0 Å². The largest absolute Gasteiger partial charge is 0.326 e. The topological polar surface area (TPSA) is 72.2 Å². The molecule has 1 fully saturated rings. The van der Waals surface area contributed by atoms with Gasteiger partial charge in [-0.15, -0.1) is 0 Å². The van der Waals surface area contributed by atoms with Crippen molar-refractivity contribution in [2.75, 3.05) is 0 Å². The van der Waals surface area contributed by atoms with E-state index in [0.717, 1.165) is 36.8 Å². The summed E-state index contributed by atoms with van der Waals surface area (Å²) in [6, 6.07) is 5.19. The number of aryl methyl sites for hydroxylation is 1. The van der Waals surface area contributed by atoms with E-state index in [1.807, 2.05) is 13.0 Å². The van der Waals surface area contributed by atoms with Crippen molar-refractivity contribution >= 4 is 10.0 Å². The first-order valence-corrected chi connectivity index (χ1v) is 9.04. The number of sulfonamides is 1. The van der Waals surface area contributed by atoms with Crippen LogP contribution in [-0.4, -0.2) is 14.5 Å². The van der Waals surface area contributed by atoms with Gasteiger partial charge in [-0.2, -0.15) is 0 Å². The van der Waals surface area contributed by atoms with Crippen LogP contribution in [0.1, 0.15) is 50.7 Å². The Labute approximate surface area is 128 Å². The SMILES string of the molecule is Cc1ccc(S(=O)(=O)NC2CCCC(C)(C)C2)cc1CN. The van der Waals surface area contributed by atoms with Crippen molar-refractivity contribution in [3.8, 4) is 0 Å². The van der Waals surface area contributed by atoms with Crippen molar-refractivity contribution in [1.82, 2.24) is 4.72 Å². The molecule has 1 aromatic carbocycles. The molecule has 0 radical (unpaired) electrons. The van der Waals surface area contributed by atoms with Crippen LogP contribution in [0.5, 0.6) is 0 Å². The summed E-state index contributed by atoms with van der Waals surface area (Å²) in [6.07, 6.45) is 4.04. The van der Waals surface area contributed by atoms with E-state index in [0.29, 0.717) is 11.4 Å². The quantitative estimate of drug-likeness (QED) is 0.898. The summed E-state index contributed by atoms with van der Waals surface area (Å²) in [6.45, 7) is 6.69. The van der Waals surface area contributed by atoms with Gasteiger partial charge in [0.15, 0.2) is 0 Å². The summed E-state index contributed by atoms with van der Waals surface area (Å²) in [5.74, 6) is 0.